The highest BCUT2D eigenvalue weighted by atomic mass is 31.2. The number of pyridine rings is 1. The summed E-state index contributed by atoms with van der Waals surface area (Å²) in [6.07, 6.45) is 13.4. The van der Waals surface area contributed by atoms with E-state index in [0.29, 0.717) is 36.0 Å². The van der Waals surface area contributed by atoms with E-state index in [0.717, 1.165) is 11.3 Å². The van der Waals surface area contributed by atoms with Crippen LogP contribution >= 0.6 is 8.60 Å². The van der Waals surface area contributed by atoms with E-state index in [2.05, 4.69) is 9.97 Å². The molecule has 4 rings (SSSR count). The summed E-state index contributed by atoms with van der Waals surface area (Å²) in [6, 6.07) is 3.67. The molecule has 3 aromatic rings. The molecule has 0 aromatic carbocycles. The highest BCUT2D eigenvalue weighted by Gasteiger charge is 2.21. The van der Waals surface area contributed by atoms with E-state index >= 15 is 0 Å². The fourth-order valence-electron chi connectivity index (χ4n) is 3.66. The van der Waals surface area contributed by atoms with Crippen molar-refractivity contribution in [1.29, 1.82) is 0 Å². The zero-order valence-corrected chi connectivity index (χ0v) is 19.8. The third-order valence-electron chi connectivity index (χ3n) is 5.43. The monoisotopic (exact) mass is 486 g/mol. The average Bonchev–Trinajstić information content (AvgIpc) is 3.19. The second kappa shape index (κ2) is 10.3. The van der Waals surface area contributed by atoms with Crippen LogP contribution in [0.25, 0.3) is 22.3 Å². The molecule has 0 saturated heterocycles. The van der Waals surface area contributed by atoms with Gasteiger partial charge in [-0.3, -0.25) is 23.4 Å². The lowest BCUT2D eigenvalue weighted by Crippen LogP contribution is -2.23. The van der Waals surface area contributed by atoms with Gasteiger partial charge in [-0.1, -0.05) is 18.2 Å². The molecule has 180 valence electrons. The van der Waals surface area contributed by atoms with Crippen LogP contribution in [0.1, 0.15) is 32.3 Å². The molecule has 3 aromatic heterocycles. The lowest BCUT2D eigenvalue weighted by molar-refractivity contribution is 0.0129. The van der Waals surface area contributed by atoms with Gasteiger partial charge in [0.05, 0.1) is 35.6 Å². The van der Waals surface area contributed by atoms with Crippen molar-refractivity contribution in [1.82, 2.24) is 19.1 Å². The Morgan fingerprint density at radius 1 is 1.32 bits per heavy atom. The first-order chi connectivity index (χ1) is 16.2. The maximum atomic E-state index is 13.3. The molecule has 1 unspecified atom stereocenters. The van der Waals surface area contributed by atoms with Crippen LogP contribution in [0.2, 0.25) is 0 Å². The van der Waals surface area contributed by atoms with Crippen LogP contribution in [0.4, 0.5) is 0 Å². The molecule has 0 bridgehead atoms. The predicted octanol–water partition coefficient (Wildman–Crippen LogP) is 2.66. The minimum atomic E-state index is -2.60. The summed E-state index contributed by atoms with van der Waals surface area (Å²) in [7, 11) is -2.60. The van der Waals surface area contributed by atoms with Gasteiger partial charge in [-0.05, 0) is 44.4 Å². The highest BCUT2D eigenvalue weighted by molar-refractivity contribution is 7.39. The fraction of sp³-hybridized carbons (Fsp3) is 0.348. The molecule has 0 aliphatic heterocycles. The standard InChI is InChI=1S/C23H27N4O6P/c1-23(2,29)9-11-32-18-7-5-16(6-8-18)19-13-27(17-4-3-10-24-12-17)21-20(19)22(28)26(14-25-21)15-33-34(30)31/h3-7,10,12-14,18,29-31H,8-9,11,15H2,1-2H3. The Kier molecular flexibility index (Phi) is 7.37. The van der Waals surface area contributed by atoms with Gasteiger partial charge in [-0.2, -0.15) is 0 Å². The van der Waals surface area contributed by atoms with E-state index in [-0.39, 0.29) is 18.4 Å². The van der Waals surface area contributed by atoms with Gasteiger partial charge in [-0.25, -0.2) is 4.98 Å². The van der Waals surface area contributed by atoms with Crippen molar-refractivity contribution in [2.45, 2.75) is 45.1 Å². The molecule has 34 heavy (non-hydrogen) atoms. The first kappa shape index (κ1) is 24.4. The highest BCUT2D eigenvalue weighted by Crippen LogP contribution is 2.30. The Morgan fingerprint density at radius 3 is 2.79 bits per heavy atom. The topological polar surface area (TPSA) is 132 Å². The summed E-state index contributed by atoms with van der Waals surface area (Å²) < 4.78 is 13.7. The van der Waals surface area contributed by atoms with Crippen molar-refractivity contribution in [2.75, 3.05) is 6.61 Å². The lowest BCUT2D eigenvalue weighted by Gasteiger charge is -2.21. The minimum Gasteiger partial charge on any atom is -0.390 e. The van der Waals surface area contributed by atoms with Crippen molar-refractivity contribution in [2.24, 2.45) is 0 Å². The fourth-order valence-corrected chi connectivity index (χ4v) is 3.88. The van der Waals surface area contributed by atoms with Crippen molar-refractivity contribution in [3.05, 3.63) is 71.2 Å². The minimum absolute atomic E-state index is 0.116. The predicted molar refractivity (Wildman–Crippen MR) is 128 cm³/mol. The van der Waals surface area contributed by atoms with Crippen LogP contribution in [0.5, 0.6) is 0 Å². The zero-order valence-electron chi connectivity index (χ0n) is 18.9. The summed E-state index contributed by atoms with van der Waals surface area (Å²) in [5.41, 5.74) is 1.60. The Balaban J connectivity index is 1.68. The van der Waals surface area contributed by atoms with Gasteiger partial charge in [0.15, 0.2) is 5.65 Å². The average molecular weight is 486 g/mol. The number of hydrogen-bond acceptors (Lipinski definition) is 8. The molecule has 11 heteroatoms. The number of ether oxygens (including phenoxy) is 1. The SMILES string of the molecule is CC(C)(O)CCOC1C=CC(c2cn(-c3cccnc3)c3ncn(COP(O)O)c(=O)c23)=CC1. The van der Waals surface area contributed by atoms with Crippen LogP contribution in [0, 0.1) is 0 Å². The summed E-state index contributed by atoms with van der Waals surface area (Å²) in [6.45, 7) is 3.60. The lowest BCUT2D eigenvalue weighted by atomic mass is 9.98. The van der Waals surface area contributed by atoms with Crippen molar-refractivity contribution >= 4 is 25.2 Å². The normalized spacial score (nSPS) is 16.4. The van der Waals surface area contributed by atoms with Gasteiger partial charge < -0.3 is 19.6 Å². The largest absolute Gasteiger partial charge is 0.390 e. The molecule has 0 spiro atoms. The Bertz CT molecular complexity index is 1260. The van der Waals surface area contributed by atoms with Crippen LogP contribution in [-0.2, 0) is 16.0 Å². The smallest absolute Gasteiger partial charge is 0.328 e. The van der Waals surface area contributed by atoms with Gasteiger partial charge in [0.2, 0.25) is 0 Å². The van der Waals surface area contributed by atoms with Gasteiger partial charge in [0, 0.05) is 18.0 Å². The van der Waals surface area contributed by atoms with E-state index in [1.54, 1.807) is 36.9 Å². The second-order valence-corrected chi connectivity index (χ2v) is 9.34. The quantitative estimate of drug-likeness (QED) is 0.394. The molecule has 0 fully saturated rings. The third-order valence-corrected chi connectivity index (χ3v) is 5.77. The molecule has 1 aliphatic carbocycles. The van der Waals surface area contributed by atoms with E-state index in [4.69, 9.17) is 19.0 Å². The van der Waals surface area contributed by atoms with Gasteiger partial charge in [0.25, 0.3) is 5.56 Å². The summed E-state index contributed by atoms with van der Waals surface area (Å²) in [5, 5.41) is 10.2. The molecule has 0 radical (unpaired) electrons. The van der Waals surface area contributed by atoms with Gasteiger partial charge in [0.1, 0.15) is 13.1 Å². The Morgan fingerprint density at radius 2 is 2.15 bits per heavy atom. The zero-order chi connectivity index (χ0) is 24.3. The number of aromatic nitrogens is 4. The molecule has 3 heterocycles. The molecule has 0 amide bonds. The maximum absolute atomic E-state index is 13.3. The molecule has 1 atom stereocenters. The van der Waals surface area contributed by atoms with Crippen molar-refractivity contribution in [3.8, 4) is 5.69 Å². The third kappa shape index (κ3) is 5.67. The summed E-state index contributed by atoms with van der Waals surface area (Å²) in [4.78, 5) is 40.1. The number of hydrogen-bond donors (Lipinski definition) is 3. The Hall–Kier alpha value is -2.72. The Labute approximate surface area is 197 Å². The molecule has 0 saturated carbocycles. The van der Waals surface area contributed by atoms with E-state index in [1.807, 2.05) is 30.5 Å². The molecule has 10 nitrogen and oxygen atoms in total. The number of fused-ring (bicyclic) bond motifs is 1. The first-order valence-corrected chi connectivity index (χ1v) is 11.9. The number of rotatable bonds is 9. The number of aliphatic hydroxyl groups is 1. The number of allylic oxidation sites excluding steroid dienone is 2. The number of nitrogens with zero attached hydrogens (tertiary/aromatic N) is 4. The maximum Gasteiger partial charge on any atom is 0.328 e. The van der Waals surface area contributed by atoms with E-state index in [9.17, 15) is 9.90 Å². The van der Waals surface area contributed by atoms with E-state index < -0.39 is 14.2 Å². The summed E-state index contributed by atoms with van der Waals surface area (Å²) in [5.74, 6) is 0. The van der Waals surface area contributed by atoms with Crippen LogP contribution in [0.15, 0.2) is 60.1 Å². The van der Waals surface area contributed by atoms with E-state index in [1.165, 1.54) is 10.9 Å². The second-order valence-electron chi connectivity index (χ2n) is 8.58. The van der Waals surface area contributed by atoms with Crippen molar-refractivity contribution in [3.63, 3.8) is 0 Å². The van der Waals surface area contributed by atoms with Gasteiger partial charge >= 0.3 is 8.60 Å². The van der Waals surface area contributed by atoms with Crippen LogP contribution in [-0.4, -0.2) is 52.3 Å². The van der Waals surface area contributed by atoms with Gasteiger partial charge in [-0.15, -0.1) is 0 Å². The molecular weight excluding hydrogens is 459 g/mol. The van der Waals surface area contributed by atoms with Crippen molar-refractivity contribution < 1.29 is 24.2 Å². The molecule has 1 aliphatic rings. The van der Waals surface area contributed by atoms with Crippen LogP contribution in [0.3, 0.4) is 0 Å². The summed E-state index contributed by atoms with van der Waals surface area (Å²) >= 11 is 0. The first-order valence-electron chi connectivity index (χ1n) is 10.8. The molecular formula is C23H27N4O6P. The van der Waals surface area contributed by atoms with Crippen LogP contribution < -0.4 is 5.56 Å². The molecule has 3 N–H and O–H groups in total.